The van der Waals surface area contributed by atoms with Gasteiger partial charge in [0, 0.05) is 15.9 Å². The summed E-state index contributed by atoms with van der Waals surface area (Å²) < 4.78 is 0. The Hall–Kier alpha value is -0.540. The van der Waals surface area contributed by atoms with E-state index in [1.54, 1.807) is 0 Å². The summed E-state index contributed by atoms with van der Waals surface area (Å²) in [5.41, 5.74) is 2.70. The van der Waals surface area contributed by atoms with Crippen LogP contribution in [0, 0.1) is 13.8 Å². The third-order valence-corrected chi connectivity index (χ3v) is 2.15. The van der Waals surface area contributed by atoms with E-state index in [1.165, 1.54) is 0 Å². The van der Waals surface area contributed by atoms with Crippen LogP contribution < -0.4 is 5.32 Å². The molecule has 1 aromatic rings. The van der Waals surface area contributed by atoms with E-state index in [-0.39, 0.29) is 4.82 Å². The van der Waals surface area contributed by atoms with Gasteiger partial charge in [-0.2, -0.15) is 0 Å². The Balaban J connectivity index is 3.13. The SMILES string of the molecule is Cc1cc(C)c(NC(=O)Br)c(Cl)c1. The molecule has 0 unspecified atom stereocenters. The first-order valence-corrected chi connectivity index (χ1v) is 4.91. The Morgan fingerprint density at radius 3 is 2.54 bits per heavy atom. The molecule has 0 saturated heterocycles. The van der Waals surface area contributed by atoms with E-state index in [2.05, 4.69) is 21.2 Å². The van der Waals surface area contributed by atoms with Gasteiger partial charge in [0.15, 0.2) is 0 Å². The van der Waals surface area contributed by atoms with E-state index < -0.39 is 0 Å². The molecular formula is C9H9BrClNO. The zero-order valence-electron chi connectivity index (χ0n) is 7.32. The molecule has 13 heavy (non-hydrogen) atoms. The maximum absolute atomic E-state index is 10.7. The zero-order chi connectivity index (χ0) is 10.0. The van der Waals surface area contributed by atoms with Gasteiger partial charge in [-0.15, -0.1) is 0 Å². The van der Waals surface area contributed by atoms with Gasteiger partial charge in [0.1, 0.15) is 0 Å². The molecule has 0 aliphatic heterocycles. The minimum absolute atomic E-state index is 0.290. The van der Waals surface area contributed by atoms with Crippen molar-refractivity contribution < 1.29 is 4.79 Å². The molecule has 1 N–H and O–H groups in total. The molecule has 0 aliphatic rings. The Morgan fingerprint density at radius 2 is 2.08 bits per heavy atom. The highest BCUT2D eigenvalue weighted by Crippen LogP contribution is 2.27. The van der Waals surface area contributed by atoms with E-state index in [9.17, 15) is 4.79 Å². The molecule has 0 atom stereocenters. The first-order chi connectivity index (χ1) is 6.00. The summed E-state index contributed by atoms with van der Waals surface area (Å²) in [6, 6.07) is 3.77. The fourth-order valence-electron chi connectivity index (χ4n) is 1.17. The van der Waals surface area contributed by atoms with E-state index in [0.717, 1.165) is 11.1 Å². The predicted octanol–water partition coefficient (Wildman–Crippen LogP) is 3.88. The molecule has 1 aromatic carbocycles. The Morgan fingerprint density at radius 1 is 1.46 bits per heavy atom. The summed E-state index contributed by atoms with van der Waals surface area (Å²) in [6.45, 7) is 3.86. The number of aryl methyl sites for hydroxylation is 2. The van der Waals surface area contributed by atoms with Gasteiger partial charge in [0.25, 0.3) is 4.82 Å². The van der Waals surface area contributed by atoms with Crippen molar-refractivity contribution in [2.45, 2.75) is 13.8 Å². The van der Waals surface area contributed by atoms with Crippen molar-refractivity contribution in [3.63, 3.8) is 0 Å². The number of amides is 1. The van der Waals surface area contributed by atoms with Crippen LogP contribution in [-0.4, -0.2) is 4.82 Å². The predicted molar refractivity (Wildman–Crippen MR) is 58.9 cm³/mol. The van der Waals surface area contributed by atoms with Crippen molar-refractivity contribution in [2.75, 3.05) is 5.32 Å². The lowest BCUT2D eigenvalue weighted by atomic mass is 10.1. The lowest BCUT2D eigenvalue weighted by Gasteiger charge is -2.08. The standard InChI is InChI=1S/C9H9BrClNO/c1-5-3-6(2)8(7(11)4-5)12-9(10)13/h3-4H,1-2H3,(H,12,13). The van der Waals surface area contributed by atoms with Gasteiger partial charge in [-0.05, 0) is 31.0 Å². The monoisotopic (exact) mass is 261 g/mol. The van der Waals surface area contributed by atoms with Gasteiger partial charge in [0.05, 0.1) is 10.7 Å². The Kier molecular flexibility index (Phi) is 3.33. The van der Waals surface area contributed by atoms with E-state index in [1.807, 2.05) is 26.0 Å². The minimum Gasteiger partial charge on any atom is -0.315 e. The quantitative estimate of drug-likeness (QED) is 0.604. The fourth-order valence-corrected chi connectivity index (χ4v) is 1.74. The van der Waals surface area contributed by atoms with Crippen molar-refractivity contribution in [1.82, 2.24) is 0 Å². The van der Waals surface area contributed by atoms with Gasteiger partial charge in [0.2, 0.25) is 0 Å². The third-order valence-electron chi connectivity index (χ3n) is 1.66. The highest BCUT2D eigenvalue weighted by molar-refractivity contribution is 9.18. The second-order valence-corrected chi connectivity index (χ2v) is 3.96. The molecule has 0 spiro atoms. The molecule has 0 fully saturated rings. The first-order valence-electron chi connectivity index (χ1n) is 3.74. The normalized spacial score (nSPS) is 9.85. The van der Waals surface area contributed by atoms with Crippen LogP contribution in [0.25, 0.3) is 0 Å². The summed E-state index contributed by atoms with van der Waals surface area (Å²) >= 11 is 8.73. The number of anilines is 1. The largest absolute Gasteiger partial charge is 0.315 e. The van der Waals surface area contributed by atoms with Crippen LogP contribution >= 0.6 is 27.5 Å². The average Bonchev–Trinajstić information content (AvgIpc) is 1.96. The summed E-state index contributed by atoms with van der Waals surface area (Å²) in [5, 5.41) is 3.17. The second kappa shape index (κ2) is 4.11. The van der Waals surface area contributed by atoms with Crippen molar-refractivity contribution in [3.05, 3.63) is 28.3 Å². The van der Waals surface area contributed by atoms with Crippen molar-refractivity contribution in [2.24, 2.45) is 0 Å². The number of nitrogens with one attached hydrogen (secondary N) is 1. The summed E-state index contributed by atoms with van der Waals surface area (Å²) in [6.07, 6.45) is 0. The molecule has 0 radical (unpaired) electrons. The minimum atomic E-state index is -0.290. The van der Waals surface area contributed by atoms with E-state index in [0.29, 0.717) is 10.7 Å². The van der Waals surface area contributed by atoms with Gasteiger partial charge >= 0.3 is 0 Å². The summed E-state index contributed by atoms with van der Waals surface area (Å²) in [4.78, 5) is 10.5. The van der Waals surface area contributed by atoms with Crippen LogP contribution in [0.5, 0.6) is 0 Å². The molecule has 2 nitrogen and oxygen atoms in total. The fraction of sp³-hybridized carbons (Fsp3) is 0.222. The van der Waals surface area contributed by atoms with Crippen LogP contribution in [0.15, 0.2) is 12.1 Å². The van der Waals surface area contributed by atoms with Crippen LogP contribution in [0.2, 0.25) is 5.02 Å². The smallest absolute Gasteiger partial charge is 0.291 e. The molecule has 4 heteroatoms. The summed E-state index contributed by atoms with van der Waals surface area (Å²) in [5.74, 6) is 0. The molecule has 0 heterocycles. The number of hydrogen-bond donors (Lipinski definition) is 1. The van der Waals surface area contributed by atoms with Gasteiger partial charge in [-0.3, -0.25) is 4.79 Å². The molecule has 0 aromatic heterocycles. The highest BCUT2D eigenvalue weighted by atomic mass is 79.9. The zero-order valence-corrected chi connectivity index (χ0v) is 9.66. The Bertz CT molecular complexity index is 328. The second-order valence-electron chi connectivity index (χ2n) is 2.84. The van der Waals surface area contributed by atoms with E-state index >= 15 is 0 Å². The van der Waals surface area contributed by atoms with Crippen LogP contribution in [0.4, 0.5) is 10.5 Å². The maximum Gasteiger partial charge on any atom is 0.291 e. The molecule has 0 bridgehead atoms. The summed E-state index contributed by atoms with van der Waals surface area (Å²) in [7, 11) is 0. The van der Waals surface area contributed by atoms with Gasteiger partial charge in [-0.1, -0.05) is 17.7 Å². The molecule has 0 saturated carbocycles. The topological polar surface area (TPSA) is 29.1 Å². The average molecular weight is 263 g/mol. The van der Waals surface area contributed by atoms with Gasteiger partial charge in [-0.25, -0.2) is 0 Å². The number of carbonyl (C=O) groups excluding carboxylic acids is 1. The lowest BCUT2D eigenvalue weighted by molar-refractivity contribution is 0.270. The van der Waals surface area contributed by atoms with E-state index in [4.69, 9.17) is 11.6 Å². The highest BCUT2D eigenvalue weighted by Gasteiger charge is 2.06. The number of carbonyl (C=O) groups is 1. The Labute approximate surface area is 90.4 Å². The van der Waals surface area contributed by atoms with Crippen molar-refractivity contribution in [3.8, 4) is 0 Å². The molecule has 1 rings (SSSR count). The number of rotatable bonds is 1. The van der Waals surface area contributed by atoms with Crippen LogP contribution in [-0.2, 0) is 0 Å². The molecule has 0 aliphatic carbocycles. The number of halogens is 2. The number of benzene rings is 1. The molecular weight excluding hydrogens is 253 g/mol. The third kappa shape index (κ3) is 2.71. The molecule has 70 valence electrons. The molecule has 1 amide bonds. The van der Waals surface area contributed by atoms with Crippen molar-refractivity contribution >= 4 is 38.0 Å². The van der Waals surface area contributed by atoms with Crippen LogP contribution in [0.1, 0.15) is 11.1 Å². The first kappa shape index (κ1) is 10.5. The van der Waals surface area contributed by atoms with Gasteiger partial charge < -0.3 is 5.32 Å². The lowest BCUT2D eigenvalue weighted by Crippen LogP contribution is -2.03. The van der Waals surface area contributed by atoms with Crippen LogP contribution in [0.3, 0.4) is 0 Å². The maximum atomic E-state index is 10.7. The number of hydrogen-bond acceptors (Lipinski definition) is 1. The van der Waals surface area contributed by atoms with Crippen molar-refractivity contribution in [1.29, 1.82) is 0 Å².